The van der Waals surface area contributed by atoms with Gasteiger partial charge in [-0.3, -0.25) is 9.59 Å². The number of carbonyl (C=O) groups excluding carboxylic acids is 1. The molecule has 3 nitrogen and oxygen atoms in total. The second-order valence-corrected chi connectivity index (χ2v) is 3.55. The van der Waals surface area contributed by atoms with Gasteiger partial charge in [0, 0.05) is 17.8 Å². The van der Waals surface area contributed by atoms with Gasteiger partial charge in [0.25, 0.3) is 0 Å². The molecule has 0 saturated heterocycles. The van der Waals surface area contributed by atoms with Crippen LogP contribution in [-0.4, -0.2) is 10.8 Å². The van der Waals surface area contributed by atoms with E-state index in [2.05, 4.69) is 4.98 Å². The third-order valence-corrected chi connectivity index (χ3v) is 2.30. The van der Waals surface area contributed by atoms with E-state index in [1.54, 1.807) is 6.08 Å². The zero-order valence-electron chi connectivity index (χ0n) is 9.09. The van der Waals surface area contributed by atoms with Crippen molar-refractivity contribution in [1.29, 1.82) is 0 Å². The summed E-state index contributed by atoms with van der Waals surface area (Å²) in [5.74, 6) is -0.134. The Balaban J connectivity index is 2.15. The van der Waals surface area contributed by atoms with Crippen molar-refractivity contribution in [1.82, 2.24) is 4.98 Å². The first-order valence-electron chi connectivity index (χ1n) is 5.22. The van der Waals surface area contributed by atoms with Gasteiger partial charge < -0.3 is 4.98 Å². The zero-order chi connectivity index (χ0) is 12.1. The van der Waals surface area contributed by atoms with Gasteiger partial charge in [-0.25, -0.2) is 0 Å². The number of aromatic nitrogens is 1. The van der Waals surface area contributed by atoms with Crippen molar-refractivity contribution in [2.24, 2.45) is 0 Å². The third-order valence-electron chi connectivity index (χ3n) is 2.30. The molecule has 2 rings (SSSR count). The molecule has 0 bridgehead atoms. The number of nitrogens with one attached hydrogen (secondary N) is 1. The summed E-state index contributed by atoms with van der Waals surface area (Å²) in [7, 11) is 0. The Morgan fingerprint density at radius 3 is 2.47 bits per heavy atom. The average molecular weight is 225 g/mol. The first-order valence-corrected chi connectivity index (χ1v) is 5.22. The van der Waals surface area contributed by atoms with E-state index in [-0.39, 0.29) is 11.3 Å². The van der Waals surface area contributed by atoms with E-state index in [1.165, 1.54) is 24.4 Å². The predicted molar refractivity (Wildman–Crippen MR) is 66.9 cm³/mol. The monoisotopic (exact) mass is 225 g/mol. The molecule has 1 aromatic carbocycles. The van der Waals surface area contributed by atoms with Gasteiger partial charge in [-0.05, 0) is 17.7 Å². The zero-order valence-corrected chi connectivity index (χ0v) is 9.09. The molecule has 3 heteroatoms. The van der Waals surface area contributed by atoms with Crippen molar-refractivity contribution in [3.63, 3.8) is 0 Å². The number of hydrogen-bond donors (Lipinski definition) is 1. The van der Waals surface area contributed by atoms with Crippen LogP contribution >= 0.6 is 0 Å². The number of carbonyl (C=O) groups is 1. The van der Waals surface area contributed by atoms with Crippen LogP contribution in [0.5, 0.6) is 0 Å². The van der Waals surface area contributed by atoms with Crippen LogP contribution in [-0.2, 0) is 0 Å². The summed E-state index contributed by atoms with van der Waals surface area (Å²) < 4.78 is 0. The second-order valence-electron chi connectivity index (χ2n) is 3.55. The number of aromatic amines is 1. The first kappa shape index (κ1) is 11.1. The molecule has 0 aliphatic heterocycles. The lowest BCUT2D eigenvalue weighted by Crippen LogP contribution is -2.05. The molecule has 0 fully saturated rings. The van der Waals surface area contributed by atoms with E-state index in [1.807, 2.05) is 30.3 Å². The highest BCUT2D eigenvalue weighted by Crippen LogP contribution is 2.03. The topological polar surface area (TPSA) is 49.9 Å². The summed E-state index contributed by atoms with van der Waals surface area (Å²) >= 11 is 0. The number of H-pyrrole nitrogens is 1. The first-order chi connectivity index (χ1) is 8.25. The number of hydrogen-bond acceptors (Lipinski definition) is 2. The molecule has 0 aliphatic carbocycles. The van der Waals surface area contributed by atoms with Crippen molar-refractivity contribution in [2.75, 3.05) is 0 Å². The van der Waals surface area contributed by atoms with Crippen molar-refractivity contribution in [2.45, 2.75) is 0 Å². The molecule has 0 radical (unpaired) electrons. The number of benzene rings is 1. The highest BCUT2D eigenvalue weighted by molar-refractivity contribution is 6.06. The van der Waals surface area contributed by atoms with Crippen molar-refractivity contribution >= 4 is 11.9 Å². The van der Waals surface area contributed by atoms with E-state index in [9.17, 15) is 9.59 Å². The molecule has 0 amide bonds. The number of allylic oxidation sites excluding steroid dienone is 1. The van der Waals surface area contributed by atoms with Gasteiger partial charge in [0.15, 0.2) is 5.78 Å². The summed E-state index contributed by atoms with van der Waals surface area (Å²) in [4.78, 5) is 25.0. The smallest absolute Gasteiger partial charge is 0.247 e. The molecule has 0 aliphatic rings. The molecular weight excluding hydrogens is 214 g/mol. The van der Waals surface area contributed by atoms with Crippen LogP contribution in [0.4, 0.5) is 0 Å². The Morgan fingerprint density at radius 1 is 1.06 bits per heavy atom. The Hall–Kier alpha value is -2.42. The quantitative estimate of drug-likeness (QED) is 0.643. The van der Waals surface area contributed by atoms with Gasteiger partial charge in [-0.1, -0.05) is 36.4 Å². The molecule has 0 spiro atoms. The number of pyridine rings is 1. The Labute approximate surface area is 98.4 Å². The normalized spacial score (nSPS) is 10.6. The molecule has 0 atom stereocenters. The highest BCUT2D eigenvalue weighted by Gasteiger charge is 2.00. The third kappa shape index (κ3) is 3.01. The van der Waals surface area contributed by atoms with E-state index in [4.69, 9.17) is 0 Å². The van der Waals surface area contributed by atoms with E-state index < -0.39 is 0 Å². The second kappa shape index (κ2) is 5.07. The Morgan fingerprint density at radius 2 is 1.82 bits per heavy atom. The summed E-state index contributed by atoms with van der Waals surface area (Å²) in [5.41, 5.74) is 1.22. The lowest BCUT2D eigenvalue weighted by atomic mass is 10.1. The fraction of sp³-hybridized carbons (Fsp3) is 0. The van der Waals surface area contributed by atoms with Crippen LogP contribution in [0.15, 0.2) is 59.5 Å². The summed E-state index contributed by atoms with van der Waals surface area (Å²) in [6.45, 7) is 0. The molecule has 1 heterocycles. The van der Waals surface area contributed by atoms with Crippen molar-refractivity contribution < 1.29 is 4.79 Å². The molecule has 1 N–H and O–H groups in total. The van der Waals surface area contributed by atoms with Gasteiger partial charge in [-0.15, -0.1) is 0 Å². The van der Waals surface area contributed by atoms with Crippen LogP contribution in [0.2, 0.25) is 0 Å². The maximum Gasteiger partial charge on any atom is 0.247 e. The lowest BCUT2D eigenvalue weighted by Gasteiger charge is -1.94. The molecule has 2 aromatic rings. The Bertz CT molecular complexity index is 577. The maximum absolute atomic E-state index is 11.7. The van der Waals surface area contributed by atoms with Crippen LogP contribution in [0.1, 0.15) is 15.9 Å². The standard InChI is InChI=1S/C14H11NO2/c16-13(12-7-9-14(17)15-10-12)8-6-11-4-2-1-3-5-11/h1-10H,(H,15,17). The van der Waals surface area contributed by atoms with E-state index in [0.29, 0.717) is 5.56 Å². The summed E-state index contributed by atoms with van der Waals surface area (Å²) in [5, 5.41) is 0. The molecular formula is C14H11NO2. The minimum atomic E-state index is -0.214. The van der Waals surface area contributed by atoms with Gasteiger partial charge >= 0.3 is 0 Å². The van der Waals surface area contributed by atoms with Gasteiger partial charge in [0.05, 0.1) is 0 Å². The molecule has 1 aromatic heterocycles. The predicted octanol–water partition coefficient (Wildman–Crippen LogP) is 2.27. The molecule has 84 valence electrons. The van der Waals surface area contributed by atoms with Crippen LogP contribution in [0.3, 0.4) is 0 Å². The van der Waals surface area contributed by atoms with Gasteiger partial charge in [-0.2, -0.15) is 0 Å². The molecule has 0 unspecified atom stereocenters. The molecule has 17 heavy (non-hydrogen) atoms. The SMILES string of the molecule is O=C(C=Cc1ccccc1)c1ccc(=O)[nH]c1. The highest BCUT2D eigenvalue weighted by atomic mass is 16.1. The van der Waals surface area contributed by atoms with Crippen LogP contribution < -0.4 is 5.56 Å². The largest absolute Gasteiger partial charge is 0.328 e. The summed E-state index contributed by atoms with van der Waals surface area (Å²) in [6, 6.07) is 12.4. The fourth-order valence-electron chi connectivity index (χ4n) is 1.40. The van der Waals surface area contributed by atoms with Crippen LogP contribution in [0, 0.1) is 0 Å². The number of ketones is 1. The summed E-state index contributed by atoms with van der Waals surface area (Å²) in [6.07, 6.45) is 4.65. The van der Waals surface area contributed by atoms with Crippen LogP contribution in [0.25, 0.3) is 6.08 Å². The minimum Gasteiger partial charge on any atom is -0.328 e. The maximum atomic E-state index is 11.7. The Kier molecular flexibility index (Phi) is 3.31. The van der Waals surface area contributed by atoms with Gasteiger partial charge in [0.2, 0.25) is 5.56 Å². The molecule has 0 saturated carbocycles. The number of rotatable bonds is 3. The van der Waals surface area contributed by atoms with Crippen molar-refractivity contribution in [3.8, 4) is 0 Å². The van der Waals surface area contributed by atoms with Crippen molar-refractivity contribution in [3.05, 3.63) is 76.2 Å². The van der Waals surface area contributed by atoms with E-state index >= 15 is 0 Å². The average Bonchev–Trinajstić information content (AvgIpc) is 2.38. The lowest BCUT2D eigenvalue weighted by molar-refractivity contribution is 0.104. The van der Waals surface area contributed by atoms with E-state index in [0.717, 1.165) is 5.56 Å². The fourth-order valence-corrected chi connectivity index (χ4v) is 1.40. The minimum absolute atomic E-state index is 0.134. The van der Waals surface area contributed by atoms with Gasteiger partial charge in [0.1, 0.15) is 0 Å².